The van der Waals surface area contributed by atoms with Gasteiger partial charge in [0, 0.05) is 6.20 Å². The molecular formula is C21H17N3OS. The molecule has 0 saturated heterocycles. The number of nitrogens with zero attached hydrogens (tertiary/aromatic N) is 2. The van der Waals surface area contributed by atoms with Crippen LogP contribution < -0.4 is 5.32 Å². The summed E-state index contributed by atoms with van der Waals surface area (Å²) in [5, 5.41) is 5.78. The maximum Gasteiger partial charge on any atom is 0.230 e. The summed E-state index contributed by atoms with van der Waals surface area (Å²) in [5.41, 5.74) is 2.75. The summed E-state index contributed by atoms with van der Waals surface area (Å²) in [6.45, 7) is 1.93. The molecule has 0 unspecified atom stereocenters. The van der Waals surface area contributed by atoms with E-state index in [0.717, 1.165) is 32.6 Å². The summed E-state index contributed by atoms with van der Waals surface area (Å²) in [4.78, 5) is 22.3. The van der Waals surface area contributed by atoms with E-state index < -0.39 is 0 Å². The van der Waals surface area contributed by atoms with Gasteiger partial charge in [0.1, 0.15) is 0 Å². The van der Waals surface area contributed by atoms with Crippen LogP contribution in [0.25, 0.3) is 21.3 Å². The predicted octanol–water partition coefficient (Wildman–Crippen LogP) is 4.85. The number of carbonyl (C=O) groups is 1. The van der Waals surface area contributed by atoms with Crippen molar-refractivity contribution in [1.82, 2.24) is 9.97 Å². The number of benzene rings is 2. The molecule has 2 heterocycles. The highest BCUT2D eigenvalue weighted by molar-refractivity contribution is 7.19. The molecule has 0 aliphatic heterocycles. The summed E-state index contributed by atoms with van der Waals surface area (Å²) >= 11 is 1.45. The molecule has 0 atom stereocenters. The van der Waals surface area contributed by atoms with Gasteiger partial charge in [-0.2, -0.15) is 0 Å². The molecule has 0 aliphatic carbocycles. The van der Waals surface area contributed by atoms with Gasteiger partial charge in [-0.3, -0.25) is 9.78 Å². The molecule has 1 N–H and O–H groups in total. The number of rotatable bonds is 4. The molecule has 0 aliphatic rings. The van der Waals surface area contributed by atoms with Gasteiger partial charge in [-0.25, -0.2) is 4.98 Å². The average molecular weight is 359 g/mol. The van der Waals surface area contributed by atoms with Gasteiger partial charge < -0.3 is 5.32 Å². The van der Waals surface area contributed by atoms with E-state index in [0.29, 0.717) is 11.6 Å². The number of pyridine rings is 1. The lowest BCUT2D eigenvalue weighted by Crippen LogP contribution is -2.14. The van der Waals surface area contributed by atoms with Crippen LogP contribution in [0, 0.1) is 6.92 Å². The Morgan fingerprint density at radius 1 is 1.04 bits per heavy atom. The molecular weight excluding hydrogens is 342 g/mol. The first-order chi connectivity index (χ1) is 12.7. The predicted molar refractivity (Wildman–Crippen MR) is 106 cm³/mol. The van der Waals surface area contributed by atoms with Gasteiger partial charge in [0.15, 0.2) is 5.13 Å². The quantitative estimate of drug-likeness (QED) is 0.567. The highest BCUT2D eigenvalue weighted by Crippen LogP contribution is 2.31. The van der Waals surface area contributed by atoms with Crippen molar-refractivity contribution in [3.05, 3.63) is 78.1 Å². The summed E-state index contributed by atoms with van der Waals surface area (Å²) in [5.74, 6) is -0.0670. The highest BCUT2D eigenvalue weighted by Gasteiger charge is 2.13. The first-order valence-electron chi connectivity index (χ1n) is 8.36. The smallest absolute Gasteiger partial charge is 0.230 e. The van der Waals surface area contributed by atoms with Crippen LogP contribution in [0.5, 0.6) is 0 Å². The third-order valence-electron chi connectivity index (χ3n) is 4.17. The molecule has 0 fully saturated rings. The van der Waals surface area contributed by atoms with Crippen molar-refractivity contribution in [1.29, 1.82) is 0 Å². The van der Waals surface area contributed by atoms with Crippen LogP contribution in [0.4, 0.5) is 5.13 Å². The Balaban J connectivity index is 1.54. The van der Waals surface area contributed by atoms with E-state index in [9.17, 15) is 4.79 Å². The second-order valence-electron chi connectivity index (χ2n) is 6.01. The zero-order valence-electron chi connectivity index (χ0n) is 14.3. The summed E-state index contributed by atoms with van der Waals surface area (Å²) in [6.07, 6.45) is 2.08. The van der Waals surface area contributed by atoms with Crippen LogP contribution in [-0.2, 0) is 11.2 Å². The Labute approximate surface area is 155 Å². The van der Waals surface area contributed by atoms with Crippen molar-refractivity contribution < 1.29 is 4.79 Å². The van der Waals surface area contributed by atoms with E-state index in [1.807, 2.05) is 55.5 Å². The number of carbonyl (C=O) groups excluding carboxylic acids is 1. The van der Waals surface area contributed by atoms with Gasteiger partial charge in [0.05, 0.1) is 22.7 Å². The lowest BCUT2D eigenvalue weighted by atomic mass is 10.0. The number of thiazole rings is 1. The minimum atomic E-state index is -0.0670. The minimum Gasteiger partial charge on any atom is -0.302 e. The molecule has 4 nitrogen and oxygen atoms in total. The summed E-state index contributed by atoms with van der Waals surface area (Å²) < 4.78 is 0. The van der Waals surface area contributed by atoms with Crippen LogP contribution in [0.2, 0.25) is 0 Å². The van der Waals surface area contributed by atoms with E-state index in [-0.39, 0.29) is 5.91 Å². The summed E-state index contributed by atoms with van der Waals surface area (Å²) in [7, 11) is 0. The Hall–Kier alpha value is -3.05. The van der Waals surface area contributed by atoms with Gasteiger partial charge in [-0.05, 0) is 35.4 Å². The zero-order chi connectivity index (χ0) is 17.9. The molecule has 0 saturated carbocycles. The Morgan fingerprint density at radius 2 is 1.85 bits per heavy atom. The van der Waals surface area contributed by atoms with Crippen LogP contribution in [0.1, 0.15) is 11.3 Å². The monoisotopic (exact) mass is 359 g/mol. The number of aromatic nitrogens is 2. The first-order valence-corrected chi connectivity index (χ1v) is 9.18. The number of fused-ring (bicyclic) bond motifs is 1. The van der Waals surface area contributed by atoms with Crippen LogP contribution in [0.15, 0.2) is 66.9 Å². The lowest BCUT2D eigenvalue weighted by molar-refractivity contribution is -0.115. The molecule has 1 amide bonds. The SMILES string of the molecule is Cc1nc(NC(=O)Cc2cccc3ccccc23)sc1-c1ccccn1. The minimum absolute atomic E-state index is 0.0670. The third kappa shape index (κ3) is 3.34. The molecule has 2 aromatic carbocycles. The molecule has 2 aromatic heterocycles. The fraction of sp³-hybridized carbons (Fsp3) is 0.0952. The summed E-state index contributed by atoms with van der Waals surface area (Å²) in [6, 6.07) is 19.9. The molecule has 0 bridgehead atoms. The van der Waals surface area contributed by atoms with Gasteiger partial charge in [-0.1, -0.05) is 59.9 Å². The average Bonchev–Trinajstić information content (AvgIpc) is 3.03. The number of anilines is 1. The zero-order valence-corrected chi connectivity index (χ0v) is 15.1. The molecule has 0 spiro atoms. The molecule has 5 heteroatoms. The Kier molecular flexibility index (Phi) is 4.46. The van der Waals surface area contributed by atoms with Crippen molar-refractivity contribution in [2.24, 2.45) is 0 Å². The fourth-order valence-corrected chi connectivity index (χ4v) is 3.93. The molecule has 26 heavy (non-hydrogen) atoms. The van der Waals surface area contributed by atoms with E-state index in [1.165, 1.54) is 11.3 Å². The van der Waals surface area contributed by atoms with Crippen molar-refractivity contribution in [2.75, 3.05) is 5.32 Å². The Bertz CT molecular complexity index is 1070. The van der Waals surface area contributed by atoms with E-state index in [2.05, 4.69) is 27.4 Å². The van der Waals surface area contributed by atoms with Crippen molar-refractivity contribution >= 4 is 33.1 Å². The maximum atomic E-state index is 12.5. The third-order valence-corrected chi connectivity index (χ3v) is 5.27. The van der Waals surface area contributed by atoms with Gasteiger partial charge >= 0.3 is 0 Å². The molecule has 0 radical (unpaired) electrons. The van der Waals surface area contributed by atoms with Crippen LogP contribution in [0.3, 0.4) is 0 Å². The van der Waals surface area contributed by atoms with Crippen molar-refractivity contribution in [3.63, 3.8) is 0 Å². The van der Waals surface area contributed by atoms with Gasteiger partial charge in [0.25, 0.3) is 0 Å². The first kappa shape index (κ1) is 16.4. The van der Waals surface area contributed by atoms with E-state index in [4.69, 9.17) is 0 Å². The number of hydrogen-bond donors (Lipinski definition) is 1. The standard InChI is InChI=1S/C21H17N3OS/c1-14-20(18-11-4-5-12-22-18)26-21(23-14)24-19(25)13-16-9-6-8-15-7-2-3-10-17(15)16/h2-12H,13H2,1H3,(H,23,24,25). The van der Waals surface area contributed by atoms with Crippen LogP contribution >= 0.6 is 11.3 Å². The fourth-order valence-electron chi connectivity index (χ4n) is 2.97. The van der Waals surface area contributed by atoms with Crippen LogP contribution in [-0.4, -0.2) is 15.9 Å². The van der Waals surface area contributed by atoms with Gasteiger partial charge in [0.2, 0.25) is 5.91 Å². The number of aryl methyl sites for hydroxylation is 1. The van der Waals surface area contributed by atoms with Gasteiger partial charge in [-0.15, -0.1) is 0 Å². The van der Waals surface area contributed by atoms with E-state index in [1.54, 1.807) is 6.20 Å². The number of hydrogen-bond acceptors (Lipinski definition) is 4. The molecule has 4 rings (SSSR count). The van der Waals surface area contributed by atoms with Crippen molar-refractivity contribution in [3.8, 4) is 10.6 Å². The molecule has 4 aromatic rings. The largest absolute Gasteiger partial charge is 0.302 e. The second kappa shape index (κ2) is 7.06. The molecule has 128 valence electrons. The highest BCUT2D eigenvalue weighted by atomic mass is 32.1. The number of amides is 1. The Morgan fingerprint density at radius 3 is 2.69 bits per heavy atom. The van der Waals surface area contributed by atoms with E-state index >= 15 is 0 Å². The second-order valence-corrected chi connectivity index (χ2v) is 7.01. The number of nitrogens with one attached hydrogen (secondary N) is 1. The normalized spacial score (nSPS) is 10.8. The topological polar surface area (TPSA) is 54.9 Å². The van der Waals surface area contributed by atoms with Crippen molar-refractivity contribution in [2.45, 2.75) is 13.3 Å². The maximum absolute atomic E-state index is 12.5. The lowest BCUT2D eigenvalue weighted by Gasteiger charge is -2.06.